The Morgan fingerprint density at radius 2 is 2.16 bits per heavy atom. The Kier molecular flexibility index (Phi) is 4.47. The molecule has 0 aliphatic carbocycles. The van der Waals surface area contributed by atoms with Crippen LogP contribution >= 0.6 is 0 Å². The number of hydrogen-bond acceptors (Lipinski definition) is 5. The first kappa shape index (κ1) is 14.9. The third-order valence-corrected chi connectivity index (χ3v) is 4.37. The van der Waals surface area contributed by atoms with Crippen molar-refractivity contribution in [2.75, 3.05) is 18.8 Å². The Balaban J connectivity index is 3.34. The highest BCUT2D eigenvalue weighted by molar-refractivity contribution is 7.89. The van der Waals surface area contributed by atoms with E-state index in [9.17, 15) is 18.5 Å². The van der Waals surface area contributed by atoms with Crippen molar-refractivity contribution in [2.24, 2.45) is 0 Å². The van der Waals surface area contributed by atoms with Crippen LogP contribution in [0, 0.1) is 22.5 Å². The molecular formula is C11H13N3O4S. The third kappa shape index (κ3) is 3.01. The van der Waals surface area contributed by atoms with Gasteiger partial charge in [-0.05, 0) is 12.1 Å². The maximum Gasteiger partial charge on any atom is 0.293 e. The van der Waals surface area contributed by atoms with Crippen molar-refractivity contribution in [1.29, 1.82) is 0 Å². The first-order valence-electron chi connectivity index (χ1n) is 5.32. The van der Waals surface area contributed by atoms with Gasteiger partial charge in [-0.2, -0.15) is 4.31 Å². The molecule has 1 rings (SSSR count). The van der Waals surface area contributed by atoms with Crippen molar-refractivity contribution in [3.63, 3.8) is 0 Å². The number of nitro groups is 1. The highest BCUT2D eigenvalue weighted by atomic mass is 32.2. The fraction of sp³-hybridized carbons (Fsp3) is 0.273. The van der Waals surface area contributed by atoms with Gasteiger partial charge in [-0.15, -0.1) is 6.42 Å². The molecule has 2 N–H and O–H groups in total. The van der Waals surface area contributed by atoms with E-state index in [2.05, 4.69) is 5.92 Å². The summed E-state index contributed by atoms with van der Waals surface area (Å²) in [5, 5.41) is 10.8. The molecule has 19 heavy (non-hydrogen) atoms. The van der Waals surface area contributed by atoms with Crippen molar-refractivity contribution in [1.82, 2.24) is 4.31 Å². The van der Waals surface area contributed by atoms with Gasteiger partial charge < -0.3 is 5.73 Å². The van der Waals surface area contributed by atoms with Crippen molar-refractivity contribution >= 4 is 21.4 Å². The number of nitrogens with zero attached hydrogens (tertiary/aromatic N) is 2. The van der Waals surface area contributed by atoms with Gasteiger partial charge in [0.2, 0.25) is 10.0 Å². The summed E-state index contributed by atoms with van der Waals surface area (Å²) in [6.07, 6.45) is 5.10. The summed E-state index contributed by atoms with van der Waals surface area (Å²) >= 11 is 0. The number of nitrogens with two attached hydrogens (primary N) is 1. The van der Waals surface area contributed by atoms with Gasteiger partial charge in [0.25, 0.3) is 5.69 Å². The van der Waals surface area contributed by atoms with Crippen LogP contribution in [0.25, 0.3) is 0 Å². The van der Waals surface area contributed by atoms with Crippen molar-refractivity contribution in [3.8, 4) is 12.3 Å². The predicted octanol–water partition coefficient (Wildman–Crippen LogP) is 0.821. The summed E-state index contributed by atoms with van der Waals surface area (Å²) in [7, 11) is -3.86. The molecule has 0 spiro atoms. The van der Waals surface area contributed by atoms with Crippen LogP contribution in [0.5, 0.6) is 0 Å². The number of terminal acetylenes is 1. The van der Waals surface area contributed by atoms with Gasteiger partial charge in [-0.1, -0.05) is 12.8 Å². The lowest BCUT2D eigenvalue weighted by Gasteiger charge is -2.17. The van der Waals surface area contributed by atoms with E-state index in [1.54, 1.807) is 6.92 Å². The maximum absolute atomic E-state index is 12.2. The molecule has 102 valence electrons. The number of nitrogen functional groups attached to an aromatic ring is 1. The molecule has 0 heterocycles. The van der Waals surface area contributed by atoms with E-state index in [1.807, 2.05) is 0 Å². The van der Waals surface area contributed by atoms with Crippen LogP contribution in [0.15, 0.2) is 23.1 Å². The van der Waals surface area contributed by atoms with E-state index in [0.29, 0.717) is 0 Å². The molecule has 0 aromatic heterocycles. The summed E-state index contributed by atoms with van der Waals surface area (Å²) in [5.74, 6) is 2.23. The number of hydrogen-bond donors (Lipinski definition) is 1. The summed E-state index contributed by atoms with van der Waals surface area (Å²) in [6, 6.07) is 3.34. The molecule has 1 aromatic carbocycles. The Morgan fingerprint density at radius 1 is 1.53 bits per heavy atom. The smallest absolute Gasteiger partial charge is 0.293 e. The van der Waals surface area contributed by atoms with Crippen LogP contribution in [-0.2, 0) is 10.0 Å². The second-order valence-electron chi connectivity index (χ2n) is 3.61. The van der Waals surface area contributed by atoms with Gasteiger partial charge >= 0.3 is 0 Å². The molecule has 0 unspecified atom stereocenters. The van der Waals surface area contributed by atoms with E-state index in [0.717, 1.165) is 10.4 Å². The van der Waals surface area contributed by atoms with Gasteiger partial charge in [-0.25, -0.2) is 8.42 Å². The number of benzene rings is 1. The summed E-state index contributed by atoms with van der Waals surface area (Å²) < 4.78 is 25.5. The lowest BCUT2D eigenvalue weighted by atomic mass is 10.3. The first-order valence-corrected chi connectivity index (χ1v) is 6.76. The van der Waals surface area contributed by atoms with Crippen molar-refractivity contribution < 1.29 is 13.3 Å². The zero-order chi connectivity index (χ0) is 14.6. The molecule has 0 saturated carbocycles. The van der Waals surface area contributed by atoms with Gasteiger partial charge in [-0.3, -0.25) is 10.1 Å². The molecule has 0 fully saturated rings. The van der Waals surface area contributed by atoms with Crippen LogP contribution < -0.4 is 5.73 Å². The molecule has 1 aromatic rings. The minimum absolute atomic E-state index is 0.0936. The fourth-order valence-corrected chi connectivity index (χ4v) is 2.84. The summed E-state index contributed by atoms with van der Waals surface area (Å²) in [6.45, 7) is 1.70. The first-order chi connectivity index (χ1) is 8.84. The number of sulfonamides is 1. The van der Waals surface area contributed by atoms with Gasteiger partial charge in [0, 0.05) is 12.6 Å². The van der Waals surface area contributed by atoms with Gasteiger partial charge in [0.05, 0.1) is 16.4 Å². The highest BCUT2D eigenvalue weighted by Crippen LogP contribution is 2.26. The second kappa shape index (κ2) is 5.69. The molecule has 7 nitrogen and oxygen atoms in total. The van der Waals surface area contributed by atoms with Crippen LogP contribution in [0.1, 0.15) is 6.92 Å². The molecule has 0 bridgehead atoms. The molecule has 0 saturated heterocycles. The lowest BCUT2D eigenvalue weighted by molar-refractivity contribution is -0.384. The molecule has 0 atom stereocenters. The zero-order valence-electron chi connectivity index (χ0n) is 10.2. The Labute approximate surface area is 111 Å². The maximum atomic E-state index is 12.2. The van der Waals surface area contributed by atoms with E-state index in [-0.39, 0.29) is 23.7 Å². The topological polar surface area (TPSA) is 107 Å². The molecule has 0 aliphatic heterocycles. The van der Waals surface area contributed by atoms with E-state index in [4.69, 9.17) is 12.2 Å². The minimum atomic E-state index is -3.86. The van der Waals surface area contributed by atoms with Crippen LogP contribution in [0.4, 0.5) is 11.4 Å². The van der Waals surface area contributed by atoms with Gasteiger partial charge in [0.1, 0.15) is 5.69 Å². The molecule has 8 heteroatoms. The van der Waals surface area contributed by atoms with Crippen molar-refractivity contribution in [3.05, 3.63) is 28.3 Å². The molecule has 0 aliphatic rings. The average Bonchev–Trinajstić information content (AvgIpc) is 2.35. The van der Waals surface area contributed by atoms with Crippen LogP contribution in [-0.4, -0.2) is 30.7 Å². The molecule has 0 radical (unpaired) electrons. The monoisotopic (exact) mass is 283 g/mol. The minimum Gasteiger partial charge on any atom is -0.393 e. The molecular weight excluding hydrogens is 270 g/mol. The quantitative estimate of drug-likeness (QED) is 0.372. The molecule has 0 amide bonds. The Hall–Kier alpha value is -2.11. The van der Waals surface area contributed by atoms with E-state index >= 15 is 0 Å². The summed E-state index contributed by atoms with van der Waals surface area (Å²) in [4.78, 5) is 9.82. The highest BCUT2D eigenvalue weighted by Gasteiger charge is 2.25. The summed E-state index contributed by atoms with van der Waals surface area (Å²) in [5.41, 5.74) is 4.88. The Morgan fingerprint density at radius 3 is 2.63 bits per heavy atom. The zero-order valence-corrected chi connectivity index (χ0v) is 11.1. The fourth-order valence-electron chi connectivity index (χ4n) is 1.46. The normalized spacial score (nSPS) is 11.2. The lowest BCUT2D eigenvalue weighted by Crippen LogP contribution is -2.31. The number of rotatable bonds is 5. The SMILES string of the molecule is C#CCN(CC)S(=O)(=O)c1ccc(N)c([N+](=O)[O-])c1. The number of anilines is 1. The third-order valence-electron chi connectivity index (χ3n) is 2.46. The van der Waals surface area contributed by atoms with E-state index in [1.165, 1.54) is 12.1 Å². The average molecular weight is 283 g/mol. The number of nitro benzene ring substituents is 1. The largest absolute Gasteiger partial charge is 0.393 e. The van der Waals surface area contributed by atoms with Crippen molar-refractivity contribution in [2.45, 2.75) is 11.8 Å². The van der Waals surface area contributed by atoms with E-state index < -0.39 is 20.6 Å². The van der Waals surface area contributed by atoms with Gasteiger partial charge in [0.15, 0.2) is 0 Å². The second-order valence-corrected chi connectivity index (χ2v) is 5.55. The Bertz CT molecular complexity index is 634. The van der Waals surface area contributed by atoms with Crippen LogP contribution in [0.2, 0.25) is 0 Å². The standard InChI is InChI=1S/C11H13N3O4S/c1-3-7-13(4-2)19(17,18)9-5-6-10(12)11(8-9)14(15)16/h1,5-6,8H,4,7,12H2,2H3. The van der Waals surface area contributed by atoms with Crippen LogP contribution in [0.3, 0.4) is 0 Å². The predicted molar refractivity (Wildman–Crippen MR) is 70.8 cm³/mol.